The molecule has 0 spiro atoms. The van der Waals surface area contributed by atoms with E-state index in [9.17, 15) is 14.4 Å². The molecule has 3 aromatic heterocycles. The average molecular weight is 763 g/mol. The van der Waals surface area contributed by atoms with Gasteiger partial charge in [-0.15, -0.1) is 11.3 Å². The number of rotatable bonds is 7. The van der Waals surface area contributed by atoms with E-state index in [4.69, 9.17) is 27.1 Å². The number of benzene rings is 2. The number of carbonyl (C=O) groups excluding carboxylic acids is 1. The largest absolute Gasteiger partial charge is 0.461 e. The third-order valence-electron chi connectivity index (χ3n) is 11.0. The number of nitrogens with zero attached hydrogens (tertiary/aromatic N) is 8. The number of halogens is 4. The highest BCUT2D eigenvalue weighted by Gasteiger charge is 2.49. The van der Waals surface area contributed by atoms with Gasteiger partial charge in [0.05, 0.1) is 51.0 Å². The summed E-state index contributed by atoms with van der Waals surface area (Å²) < 4.78 is 55.2. The molecular formula is C36H34ClF3N10O2S. The Labute approximate surface area is 310 Å². The topological polar surface area (TPSA) is 151 Å². The maximum atomic E-state index is 17.3. The van der Waals surface area contributed by atoms with Gasteiger partial charge in [0.1, 0.15) is 41.0 Å². The lowest BCUT2D eigenvalue weighted by atomic mass is 9.95. The molecule has 3 N–H and O–H groups in total. The summed E-state index contributed by atoms with van der Waals surface area (Å²) in [6.45, 7) is 3.20. The van der Waals surface area contributed by atoms with Crippen LogP contribution < -0.4 is 25.6 Å². The molecule has 274 valence electrons. The number of ether oxygens (including phenoxy) is 1. The molecule has 3 saturated heterocycles. The van der Waals surface area contributed by atoms with Gasteiger partial charge >= 0.3 is 6.01 Å². The number of amides is 1. The van der Waals surface area contributed by atoms with Crippen LogP contribution in [0.5, 0.6) is 6.01 Å². The van der Waals surface area contributed by atoms with E-state index in [-0.39, 0.29) is 73.4 Å². The molecule has 7 heterocycles. The first-order valence-corrected chi connectivity index (χ1v) is 18.7. The van der Waals surface area contributed by atoms with Gasteiger partial charge in [-0.1, -0.05) is 17.7 Å². The number of carbonyl (C=O) groups is 1. The Morgan fingerprint density at radius 2 is 2.09 bits per heavy atom. The lowest BCUT2D eigenvalue weighted by Gasteiger charge is -2.31. The quantitative estimate of drug-likeness (QED) is 0.207. The van der Waals surface area contributed by atoms with Crippen LogP contribution in [0.3, 0.4) is 0 Å². The molecule has 0 radical (unpaired) electrons. The van der Waals surface area contributed by atoms with E-state index in [1.54, 1.807) is 24.2 Å². The first-order chi connectivity index (χ1) is 25.6. The Morgan fingerprint density at radius 3 is 2.89 bits per heavy atom. The smallest absolute Gasteiger partial charge is 0.319 e. The molecule has 12 nitrogen and oxygen atoms in total. The molecule has 1 amide bonds. The number of aryl methyl sites for hydroxylation is 1. The Bertz CT molecular complexity index is 2380. The lowest BCUT2D eigenvalue weighted by molar-refractivity contribution is -0.117. The van der Waals surface area contributed by atoms with E-state index in [1.807, 2.05) is 15.7 Å². The van der Waals surface area contributed by atoms with Crippen LogP contribution in [0, 0.1) is 23.0 Å². The third kappa shape index (κ3) is 5.55. The highest BCUT2D eigenvalue weighted by atomic mass is 35.5. The second-order valence-corrected chi connectivity index (χ2v) is 15.7. The summed E-state index contributed by atoms with van der Waals surface area (Å²) in [5, 5.41) is 18.2. The van der Waals surface area contributed by atoms with Crippen molar-refractivity contribution in [1.29, 1.82) is 5.26 Å². The number of alkyl halides is 1. The lowest BCUT2D eigenvalue weighted by Crippen LogP contribution is -2.43. The van der Waals surface area contributed by atoms with Gasteiger partial charge in [-0.2, -0.15) is 20.3 Å². The molecule has 17 heteroatoms. The maximum absolute atomic E-state index is 17.3. The number of nitrogens with two attached hydrogens (primary N) is 1. The maximum Gasteiger partial charge on any atom is 0.319 e. The van der Waals surface area contributed by atoms with Gasteiger partial charge in [-0.3, -0.25) is 14.4 Å². The summed E-state index contributed by atoms with van der Waals surface area (Å²) in [7, 11) is 1.72. The van der Waals surface area contributed by atoms with Crippen LogP contribution in [0.15, 0.2) is 24.4 Å². The zero-order valence-electron chi connectivity index (χ0n) is 28.6. The molecule has 0 unspecified atom stereocenters. The Morgan fingerprint density at radius 1 is 1.26 bits per heavy atom. The summed E-state index contributed by atoms with van der Waals surface area (Å²) in [6, 6.07) is 5.86. The SMILES string of the molecule is CN(C(=O)[C@H]1CN1)c1cnn2c1CN(c1nc(OC[C@@]34CCCN3C[C@H](F)C4)nc3c(F)c(-c4ccc(F)c5sc(N)c(C#N)c45)c(Cl)cc13)CCC2. The van der Waals surface area contributed by atoms with Gasteiger partial charge in [0.15, 0.2) is 5.82 Å². The van der Waals surface area contributed by atoms with E-state index < -0.39 is 23.3 Å². The van der Waals surface area contributed by atoms with Crippen molar-refractivity contribution in [3.05, 3.63) is 52.3 Å². The van der Waals surface area contributed by atoms with Crippen molar-refractivity contribution < 1.29 is 22.7 Å². The molecule has 4 aliphatic rings. The number of nitrogens with one attached hydrogen (secondary N) is 1. The van der Waals surface area contributed by atoms with Crippen LogP contribution in [-0.2, 0) is 17.9 Å². The van der Waals surface area contributed by atoms with Crippen LogP contribution in [0.4, 0.5) is 29.7 Å². The number of nitrogen functional groups attached to an aromatic ring is 1. The second kappa shape index (κ2) is 12.7. The van der Waals surface area contributed by atoms with Crippen LogP contribution >= 0.6 is 22.9 Å². The summed E-state index contributed by atoms with van der Waals surface area (Å²) in [5.74, 6) is -1.11. The predicted molar refractivity (Wildman–Crippen MR) is 196 cm³/mol. The van der Waals surface area contributed by atoms with Crippen molar-refractivity contribution in [1.82, 2.24) is 30.0 Å². The molecule has 0 bridgehead atoms. The Kier molecular flexibility index (Phi) is 8.18. The minimum absolute atomic E-state index is 0.00154. The monoisotopic (exact) mass is 762 g/mol. The van der Waals surface area contributed by atoms with E-state index in [1.165, 1.54) is 12.1 Å². The van der Waals surface area contributed by atoms with Crippen molar-refractivity contribution in [2.24, 2.45) is 0 Å². The Balaban J connectivity index is 1.19. The van der Waals surface area contributed by atoms with E-state index >= 15 is 8.78 Å². The molecule has 2 aromatic carbocycles. The summed E-state index contributed by atoms with van der Waals surface area (Å²) in [4.78, 5) is 28.2. The summed E-state index contributed by atoms with van der Waals surface area (Å²) in [6.07, 6.45) is 3.37. The van der Waals surface area contributed by atoms with Gasteiger partial charge in [-0.25, -0.2) is 13.2 Å². The van der Waals surface area contributed by atoms with Crippen molar-refractivity contribution in [2.45, 2.75) is 56.5 Å². The molecule has 53 heavy (non-hydrogen) atoms. The molecule has 3 atom stereocenters. The fraction of sp³-hybridized carbons (Fsp3) is 0.417. The number of nitriles is 1. The van der Waals surface area contributed by atoms with Crippen molar-refractivity contribution in [3.63, 3.8) is 0 Å². The number of aromatic nitrogens is 4. The molecule has 0 saturated carbocycles. The average Bonchev–Trinajstić information content (AvgIpc) is 3.62. The minimum Gasteiger partial charge on any atom is -0.461 e. The second-order valence-electron chi connectivity index (χ2n) is 14.2. The van der Waals surface area contributed by atoms with E-state index in [2.05, 4.69) is 20.3 Å². The highest BCUT2D eigenvalue weighted by molar-refractivity contribution is 7.23. The van der Waals surface area contributed by atoms with Gasteiger partial charge in [0, 0.05) is 56.0 Å². The first-order valence-electron chi connectivity index (χ1n) is 17.5. The summed E-state index contributed by atoms with van der Waals surface area (Å²) >= 11 is 7.84. The van der Waals surface area contributed by atoms with Crippen molar-refractivity contribution in [3.8, 4) is 23.2 Å². The predicted octanol–water partition coefficient (Wildman–Crippen LogP) is 5.39. The fourth-order valence-corrected chi connectivity index (χ4v) is 9.59. The van der Waals surface area contributed by atoms with Gasteiger partial charge in [0.25, 0.3) is 0 Å². The number of hydrogen-bond donors (Lipinski definition) is 2. The van der Waals surface area contributed by atoms with Crippen LogP contribution in [0.2, 0.25) is 5.02 Å². The van der Waals surface area contributed by atoms with Crippen LogP contribution in [0.25, 0.3) is 32.1 Å². The summed E-state index contributed by atoms with van der Waals surface area (Å²) in [5.41, 5.74) is 7.09. The van der Waals surface area contributed by atoms with Crippen LogP contribution in [-0.4, -0.2) is 88.1 Å². The molecule has 5 aromatic rings. The Hall–Kier alpha value is -4.69. The number of hydrogen-bond acceptors (Lipinski definition) is 11. The zero-order chi connectivity index (χ0) is 36.8. The normalized spacial score (nSPS) is 22.5. The molecule has 0 aliphatic carbocycles. The molecule has 4 aliphatic heterocycles. The fourth-order valence-electron chi connectivity index (χ4n) is 8.34. The van der Waals surface area contributed by atoms with Gasteiger partial charge < -0.3 is 25.6 Å². The zero-order valence-corrected chi connectivity index (χ0v) is 30.2. The number of anilines is 3. The van der Waals surface area contributed by atoms with Crippen LogP contribution in [0.1, 0.15) is 36.9 Å². The van der Waals surface area contributed by atoms with E-state index in [0.717, 1.165) is 36.4 Å². The first kappa shape index (κ1) is 34.1. The molecular weight excluding hydrogens is 729 g/mol. The van der Waals surface area contributed by atoms with Crippen molar-refractivity contribution >= 4 is 66.3 Å². The van der Waals surface area contributed by atoms with Gasteiger partial charge in [-0.05, 0) is 43.5 Å². The molecule has 9 rings (SSSR count). The molecule has 3 fully saturated rings. The minimum atomic E-state index is -0.969. The number of thiophene rings is 1. The standard InChI is InChI=1S/C36H34ClF3N10O2S/c1-47(34(51)24-13-43-24)25-14-44-50-9-3-7-48(16-26(25)50)33-20-10-22(37)28(19-4-5-23(39)31-27(19)21(12-41)32(42)53-31)29(40)30(20)45-35(46-33)52-17-36-6-2-8-49(36)15-18(38)11-36/h4-5,10,14,18,24,43H,2-3,6-9,11,13,15-17,42H2,1H3/t18-,24-,36+/m1/s1. The number of fused-ring (bicyclic) bond motifs is 4. The number of likely N-dealkylation sites (N-methyl/N-ethyl adjacent to an activating group) is 1. The third-order valence-corrected chi connectivity index (χ3v) is 12.4. The van der Waals surface area contributed by atoms with Gasteiger partial charge in [0.2, 0.25) is 5.91 Å². The highest BCUT2D eigenvalue weighted by Crippen LogP contribution is 2.46. The van der Waals surface area contributed by atoms with Crippen molar-refractivity contribution in [2.75, 3.05) is 55.4 Å². The van der Waals surface area contributed by atoms with E-state index in [0.29, 0.717) is 55.9 Å².